The molecule has 0 saturated carbocycles. The van der Waals surface area contributed by atoms with Gasteiger partial charge in [0.05, 0.1) is 4.90 Å². The Kier molecular flexibility index (Phi) is 5.68. The van der Waals surface area contributed by atoms with Crippen LogP contribution in [0.4, 0.5) is 17.6 Å². The van der Waals surface area contributed by atoms with E-state index in [-0.39, 0.29) is 31.0 Å². The minimum atomic E-state index is -4.98. The smallest absolute Gasteiger partial charge is 0.330 e. The van der Waals surface area contributed by atoms with Gasteiger partial charge in [0.25, 0.3) is 0 Å². The van der Waals surface area contributed by atoms with Crippen molar-refractivity contribution in [3.63, 3.8) is 0 Å². The Morgan fingerprint density at radius 2 is 1.86 bits per heavy atom. The lowest BCUT2D eigenvalue weighted by Crippen LogP contribution is -2.43. The molecule has 2 aromatic carbocycles. The number of nitrogens with zero attached hydrogens (tertiary/aromatic N) is 1. The first-order valence-corrected chi connectivity index (χ1v) is 10.2. The zero-order valence-electron chi connectivity index (χ0n) is 15.4. The summed E-state index contributed by atoms with van der Waals surface area (Å²) in [6, 6.07) is 8.19. The average Bonchev–Trinajstić information content (AvgIpc) is 2.66. The summed E-state index contributed by atoms with van der Waals surface area (Å²) in [4.78, 5) is 12.0. The van der Waals surface area contributed by atoms with Crippen LogP contribution >= 0.6 is 0 Å². The fourth-order valence-corrected chi connectivity index (χ4v) is 4.20. The molecule has 1 amide bonds. The highest BCUT2D eigenvalue weighted by Crippen LogP contribution is 2.26. The molecule has 0 spiro atoms. The quantitative estimate of drug-likeness (QED) is 0.759. The Morgan fingerprint density at radius 1 is 1.14 bits per heavy atom. The first kappa shape index (κ1) is 21.3. The van der Waals surface area contributed by atoms with Crippen LogP contribution < -0.4 is 4.72 Å². The van der Waals surface area contributed by atoms with E-state index in [9.17, 15) is 30.8 Å². The first-order valence-electron chi connectivity index (χ1n) is 8.70. The number of amides is 1. The molecule has 29 heavy (non-hydrogen) atoms. The monoisotopic (exact) mass is 430 g/mol. The molecule has 3 rings (SSSR count). The highest BCUT2D eigenvalue weighted by Gasteiger charge is 2.43. The molecule has 0 radical (unpaired) electrons. The topological polar surface area (TPSA) is 66.5 Å². The molecule has 0 aromatic heterocycles. The minimum absolute atomic E-state index is 0.0888. The number of carbonyl (C=O) groups is 1. The number of aryl methyl sites for hydroxylation is 1. The van der Waals surface area contributed by atoms with Crippen LogP contribution in [0.15, 0.2) is 41.3 Å². The van der Waals surface area contributed by atoms with Crippen molar-refractivity contribution in [3.8, 4) is 0 Å². The number of hydrogen-bond donors (Lipinski definition) is 1. The Balaban J connectivity index is 1.79. The van der Waals surface area contributed by atoms with E-state index in [0.717, 1.165) is 0 Å². The number of halogens is 4. The van der Waals surface area contributed by atoms with E-state index < -0.39 is 27.9 Å². The number of sulfonamides is 1. The number of nitrogens with one attached hydrogen (secondary N) is 1. The predicted molar refractivity (Wildman–Crippen MR) is 96.8 cm³/mol. The summed E-state index contributed by atoms with van der Waals surface area (Å²) in [5.41, 5.74) is 2.21. The van der Waals surface area contributed by atoms with E-state index in [0.29, 0.717) is 27.2 Å². The highest BCUT2D eigenvalue weighted by atomic mass is 32.2. The number of carbonyl (C=O) groups excluding carboxylic acids is 1. The fourth-order valence-electron chi connectivity index (χ4n) is 3.14. The van der Waals surface area contributed by atoms with E-state index in [1.54, 1.807) is 6.92 Å². The van der Waals surface area contributed by atoms with Gasteiger partial charge in [-0.05, 0) is 59.9 Å². The molecule has 0 saturated heterocycles. The summed E-state index contributed by atoms with van der Waals surface area (Å²) in [7, 11) is -3.99. The van der Waals surface area contributed by atoms with Crippen molar-refractivity contribution in [1.29, 1.82) is 0 Å². The summed E-state index contributed by atoms with van der Waals surface area (Å²) < 4.78 is 79.0. The average molecular weight is 430 g/mol. The van der Waals surface area contributed by atoms with Gasteiger partial charge < -0.3 is 4.90 Å². The van der Waals surface area contributed by atoms with Gasteiger partial charge in [-0.25, -0.2) is 17.5 Å². The van der Waals surface area contributed by atoms with E-state index in [4.69, 9.17) is 0 Å². The summed E-state index contributed by atoms with van der Waals surface area (Å²) in [5, 5.41) is 0. The predicted octanol–water partition coefficient (Wildman–Crippen LogP) is 3.06. The molecule has 0 fully saturated rings. The third-order valence-electron chi connectivity index (χ3n) is 4.79. The third kappa shape index (κ3) is 4.76. The zero-order chi connectivity index (χ0) is 21.4. The number of rotatable bonds is 4. The van der Waals surface area contributed by atoms with Crippen LogP contribution in [0.2, 0.25) is 0 Å². The SMILES string of the molecule is Cc1ccc(F)cc1CNS(=O)(=O)c1ccc2c(c1)CN(C(=O)C(F)(F)F)CC2. The second-order valence-corrected chi connectivity index (χ2v) is 8.57. The van der Waals surface area contributed by atoms with Gasteiger partial charge in [-0.1, -0.05) is 12.1 Å². The van der Waals surface area contributed by atoms with Crippen LogP contribution in [0.3, 0.4) is 0 Å². The van der Waals surface area contributed by atoms with Gasteiger partial charge in [0.15, 0.2) is 0 Å². The van der Waals surface area contributed by atoms with Crippen LogP contribution in [0.25, 0.3) is 0 Å². The lowest BCUT2D eigenvalue weighted by atomic mass is 10.00. The Morgan fingerprint density at radius 3 is 2.55 bits per heavy atom. The van der Waals surface area contributed by atoms with Crippen molar-refractivity contribution in [2.75, 3.05) is 6.54 Å². The third-order valence-corrected chi connectivity index (χ3v) is 6.19. The second-order valence-electron chi connectivity index (χ2n) is 6.80. The summed E-state index contributed by atoms with van der Waals surface area (Å²) in [6.07, 6.45) is -4.78. The van der Waals surface area contributed by atoms with Crippen molar-refractivity contribution < 1.29 is 30.8 Å². The molecule has 2 aromatic rings. The Hall–Kier alpha value is -2.46. The molecule has 1 aliphatic heterocycles. The second kappa shape index (κ2) is 7.75. The maximum Gasteiger partial charge on any atom is 0.471 e. The summed E-state index contributed by atoms with van der Waals surface area (Å²) >= 11 is 0. The van der Waals surface area contributed by atoms with Crippen molar-refractivity contribution >= 4 is 15.9 Å². The van der Waals surface area contributed by atoms with Crippen LogP contribution in [0, 0.1) is 12.7 Å². The normalized spacial score (nSPS) is 14.6. The zero-order valence-corrected chi connectivity index (χ0v) is 16.2. The standard InChI is InChI=1S/C19H18F4N2O3S/c1-12-2-4-16(20)8-14(12)10-24-29(27,28)17-5-3-13-6-7-25(11-15(13)9-17)18(26)19(21,22)23/h2-5,8-9,24H,6-7,10-11H2,1H3. The molecule has 0 aliphatic carbocycles. The summed E-state index contributed by atoms with van der Waals surface area (Å²) in [6.45, 7) is 1.17. The van der Waals surface area contributed by atoms with Gasteiger partial charge in [-0.15, -0.1) is 0 Å². The van der Waals surface area contributed by atoms with Crippen LogP contribution in [0.1, 0.15) is 22.3 Å². The Bertz CT molecular complexity index is 1050. The molecule has 0 unspecified atom stereocenters. The van der Waals surface area contributed by atoms with Crippen LogP contribution in [0.5, 0.6) is 0 Å². The Labute approximate surface area is 165 Å². The molecule has 0 atom stereocenters. The van der Waals surface area contributed by atoms with Gasteiger partial charge in [0, 0.05) is 19.6 Å². The number of hydrogen-bond acceptors (Lipinski definition) is 3. The van der Waals surface area contributed by atoms with Crippen molar-refractivity contribution in [2.24, 2.45) is 0 Å². The van der Waals surface area contributed by atoms with E-state index in [2.05, 4.69) is 4.72 Å². The van der Waals surface area contributed by atoms with Crippen molar-refractivity contribution in [1.82, 2.24) is 9.62 Å². The number of alkyl halides is 3. The van der Waals surface area contributed by atoms with Crippen LogP contribution in [-0.4, -0.2) is 31.9 Å². The largest absolute Gasteiger partial charge is 0.471 e. The summed E-state index contributed by atoms with van der Waals surface area (Å²) in [5.74, 6) is -2.44. The van der Waals surface area contributed by atoms with Crippen LogP contribution in [-0.2, 0) is 34.3 Å². The molecular formula is C19H18F4N2O3S. The molecule has 156 valence electrons. The van der Waals surface area contributed by atoms with Gasteiger partial charge in [-0.2, -0.15) is 13.2 Å². The number of fused-ring (bicyclic) bond motifs is 1. The van der Waals surface area contributed by atoms with Gasteiger partial charge in [0.2, 0.25) is 10.0 Å². The van der Waals surface area contributed by atoms with E-state index in [1.165, 1.54) is 36.4 Å². The molecule has 5 nitrogen and oxygen atoms in total. The minimum Gasteiger partial charge on any atom is -0.330 e. The maximum atomic E-state index is 13.4. The van der Waals surface area contributed by atoms with Gasteiger partial charge in [0.1, 0.15) is 5.82 Å². The lowest BCUT2D eigenvalue weighted by molar-refractivity contribution is -0.186. The van der Waals surface area contributed by atoms with E-state index >= 15 is 0 Å². The van der Waals surface area contributed by atoms with Gasteiger partial charge >= 0.3 is 12.1 Å². The first-order chi connectivity index (χ1) is 13.5. The highest BCUT2D eigenvalue weighted by molar-refractivity contribution is 7.89. The lowest BCUT2D eigenvalue weighted by Gasteiger charge is -2.29. The van der Waals surface area contributed by atoms with Crippen molar-refractivity contribution in [3.05, 3.63) is 64.5 Å². The maximum absolute atomic E-state index is 13.4. The molecular weight excluding hydrogens is 412 g/mol. The van der Waals surface area contributed by atoms with E-state index in [1.807, 2.05) is 0 Å². The molecule has 10 heteroatoms. The molecule has 1 aliphatic rings. The van der Waals surface area contributed by atoms with Crippen molar-refractivity contribution in [2.45, 2.75) is 37.5 Å². The molecule has 1 heterocycles. The van der Waals surface area contributed by atoms with Gasteiger partial charge in [-0.3, -0.25) is 4.79 Å². The molecule has 1 N–H and O–H groups in total. The number of benzene rings is 2. The fraction of sp³-hybridized carbons (Fsp3) is 0.316. The molecule has 0 bridgehead atoms.